The van der Waals surface area contributed by atoms with Gasteiger partial charge in [-0.1, -0.05) is 0 Å². The monoisotopic (exact) mass is 192 g/mol. The number of carbonyl (C=O) groups is 1. The van der Waals surface area contributed by atoms with Crippen LogP contribution in [0.5, 0.6) is 0 Å². The highest BCUT2D eigenvalue weighted by Crippen LogP contribution is 2.12. The predicted molar refractivity (Wildman–Crippen MR) is 43.6 cm³/mol. The molecule has 0 saturated carbocycles. The summed E-state index contributed by atoms with van der Waals surface area (Å²) in [6, 6.07) is 0. The van der Waals surface area contributed by atoms with Crippen molar-refractivity contribution >= 4 is 16.1 Å². The van der Waals surface area contributed by atoms with Gasteiger partial charge in [0, 0.05) is 27.1 Å². The normalized spacial score (nSPS) is 25.5. The van der Waals surface area contributed by atoms with E-state index in [2.05, 4.69) is 0 Å². The summed E-state index contributed by atoms with van der Waals surface area (Å²) in [7, 11) is -0.741. The molecule has 1 heterocycles. The van der Waals surface area contributed by atoms with Gasteiger partial charge in [0.1, 0.15) is 0 Å². The van der Waals surface area contributed by atoms with Crippen molar-refractivity contribution in [3.8, 4) is 0 Å². The Morgan fingerprint density at radius 1 is 1.33 bits per heavy atom. The summed E-state index contributed by atoms with van der Waals surface area (Å²) in [5.41, 5.74) is 0. The van der Waals surface area contributed by atoms with Crippen LogP contribution in [-0.4, -0.2) is 43.6 Å². The van der Waals surface area contributed by atoms with E-state index in [4.69, 9.17) is 0 Å². The van der Waals surface area contributed by atoms with Crippen LogP contribution in [0, 0.1) is 0 Å². The van der Waals surface area contributed by atoms with Crippen LogP contribution in [0.2, 0.25) is 0 Å². The molecule has 6 heteroatoms. The summed E-state index contributed by atoms with van der Waals surface area (Å²) in [6.07, 6.45) is 0.902. The maximum atomic E-state index is 11.4. The van der Waals surface area contributed by atoms with Gasteiger partial charge >= 0.3 is 10.2 Å². The van der Waals surface area contributed by atoms with Crippen LogP contribution < -0.4 is 0 Å². The Morgan fingerprint density at radius 3 is 2.50 bits per heavy atom. The van der Waals surface area contributed by atoms with E-state index in [-0.39, 0.29) is 5.91 Å². The van der Waals surface area contributed by atoms with Crippen LogP contribution in [0.1, 0.15) is 12.8 Å². The molecule has 5 nitrogen and oxygen atoms in total. The number of hydrogen-bond donors (Lipinski definition) is 0. The van der Waals surface area contributed by atoms with E-state index >= 15 is 0 Å². The van der Waals surface area contributed by atoms with Gasteiger partial charge in [-0.3, -0.25) is 4.79 Å². The van der Waals surface area contributed by atoms with Crippen molar-refractivity contribution in [1.82, 2.24) is 8.61 Å². The molecule has 0 N–H and O–H groups in total. The third-order valence-corrected chi connectivity index (χ3v) is 3.82. The number of hydrogen-bond acceptors (Lipinski definition) is 3. The maximum absolute atomic E-state index is 11.4. The molecule has 0 radical (unpaired) electrons. The fourth-order valence-electron chi connectivity index (χ4n) is 1.06. The molecule has 1 aliphatic rings. The van der Waals surface area contributed by atoms with Crippen LogP contribution in [0.4, 0.5) is 0 Å². The molecular formula is C6H12N2O3S. The molecule has 1 aliphatic heterocycles. The van der Waals surface area contributed by atoms with Crippen molar-refractivity contribution in [3.63, 3.8) is 0 Å². The predicted octanol–water partition coefficient (Wildman–Crippen LogP) is -0.585. The van der Waals surface area contributed by atoms with Crippen molar-refractivity contribution in [2.24, 2.45) is 0 Å². The first-order valence-corrected chi connectivity index (χ1v) is 5.09. The summed E-state index contributed by atoms with van der Waals surface area (Å²) >= 11 is 0. The molecule has 0 unspecified atom stereocenters. The summed E-state index contributed by atoms with van der Waals surface area (Å²) in [6.45, 7) is 0.415. The van der Waals surface area contributed by atoms with E-state index in [1.54, 1.807) is 0 Å². The van der Waals surface area contributed by atoms with E-state index in [1.807, 2.05) is 0 Å². The fraction of sp³-hybridized carbons (Fsp3) is 0.833. The van der Waals surface area contributed by atoms with E-state index in [1.165, 1.54) is 18.4 Å². The van der Waals surface area contributed by atoms with Gasteiger partial charge in [-0.25, -0.2) is 4.31 Å². The topological polar surface area (TPSA) is 57.7 Å². The molecule has 1 rings (SSSR count). The number of rotatable bonds is 0. The molecule has 0 atom stereocenters. The molecule has 0 aromatic heterocycles. The zero-order chi connectivity index (χ0) is 9.35. The highest BCUT2D eigenvalue weighted by atomic mass is 32.2. The summed E-state index contributed by atoms with van der Waals surface area (Å²) in [5, 5.41) is 0. The van der Waals surface area contributed by atoms with Crippen LogP contribution in [0.25, 0.3) is 0 Å². The summed E-state index contributed by atoms with van der Waals surface area (Å²) in [4.78, 5) is 11.1. The standard InChI is InChI=1S/C6H12N2O3S/c1-7-5-3-4-6(9)8(2)12(7,10)11/h3-5H2,1-2H3. The van der Waals surface area contributed by atoms with Gasteiger partial charge in [0.25, 0.3) is 0 Å². The average Bonchev–Trinajstić information content (AvgIpc) is 2.07. The fourth-order valence-corrected chi connectivity index (χ4v) is 2.19. The van der Waals surface area contributed by atoms with Crippen molar-refractivity contribution < 1.29 is 13.2 Å². The van der Waals surface area contributed by atoms with E-state index in [0.717, 1.165) is 4.31 Å². The summed E-state index contributed by atoms with van der Waals surface area (Å²) < 4.78 is 24.7. The average molecular weight is 192 g/mol. The molecule has 12 heavy (non-hydrogen) atoms. The van der Waals surface area contributed by atoms with E-state index in [9.17, 15) is 13.2 Å². The Bertz CT molecular complexity index is 285. The third-order valence-electron chi connectivity index (χ3n) is 1.95. The molecule has 70 valence electrons. The Morgan fingerprint density at radius 2 is 1.92 bits per heavy atom. The minimum absolute atomic E-state index is 0.306. The lowest BCUT2D eigenvalue weighted by Crippen LogP contribution is -2.40. The van der Waals surface area contributed by atoms with Gasteiger partial charge in [-0.05, 0) is 6.42 Å². The van der Waals surface area contributed by atoms with Crippen LogP contribution >= 0.6 is 0 Å². The van der Waals surface area contributed by atoms with Gasteiger partial charge in [0.2, 0.25) is 5.91 Å². The van der Waals surface area contributed by atoms with Crippen molar-refractivity contribution in [2.75, 3.05) is 20.6 Å². The van der Waals surface area contributed by atoms with Crippen LogP contribution in [0.3, 0.4) is 0 Å². The minimum atomic E-state index is -3.51. The van der Waals surface area contributed by atoms with Crippen molar-refractivity contribution in [2.45, 2.75) is 12.8 Å². The quantitative estimate of drug-likeness (QED) is 0.515. The van der Waals surface area contributed by atoms with E-state index in [0.29, 0.717) is 19.4 Å². The molecule has 1 saturated heterocycles. The van der Waals surface area contributed by atoms with Gasteiger partial charge < -0.3 is 0 Å². The molecule has 0 bridgehead atoms. The smallest absolute Gasteiger partial charge is 0.274 e. The second kappa shape index (κ2) is 3.02. The van der Waals surface area contributed by atoms with Crippen LogP contribution in [0.15, 0.2) is 0 Å². The highest BCUT2D eigenvalue weighted by Gasteiger charge is 2.30. The van der Waals surface area contributed by atoms with Crippen molar-refractivity contribution in [3.05, 3.63) is 0 Å². The lowest BCUT2D eigenvalue weighted by molar-refractivity contribution is -0.125. The number of nitrogens with zero attached hydrogens (tertiary/aromatic N) is 2. The summed E-state index contributed by atoms with van der Waals surface area (Å²) in [5.74, 6) is -0.334. The maximum Gasteiger partial charge on any atom is 0.305 e. The first-order chi connectivity index (χ1) is 5.46. The van der Waals surface area contributed by atoms with Crippen LogP contribution in [-0.2, 0) is 15.0 Å². The second-order valence-corrected chi connectivity index (χ2v) is 4.86. The SMILES string of the molecule is CN1CCCC(=O)N(C)S1(=O)=O. The molecule has 0 aliphatic carbocycles. The molecule has 0 spiro atoms. The third kappa shape index (κ3) is 1.44. The first kappa shape index (κ1) is 9.47. The zero-order valence-corrected chi connectivity index (χ0v) is 7.97. The lowest BCUT2D eigenvalue weighted by Gasteiger charge is -2.19. The number of carbonyl (C=O) groups excluding carboxylic acids is 1. The molecule has 0 aromatic carbocycles. The lowest BCUT2D eigenvalue weighted by atomic mass is 10.3. The molecule has 1 amide bonds. The minimum Gasteiger partial charge on any atom is -0.274 e. The van der Waals surface area contributed by atoms with Gasteiger partial charge in [-0.2, -0.15) is 12.7 Å². The van der Waals surface area contributed by atoms with Gasteiger partial charge in [0.15, 0.2) is 0 Å². The first-order valence-electron chi connectivity index (χ1n) is 3.69. The number of amides is 1. The highest BCUT2D eigenvalue weighted by molar-refractivity contribution is 7.87. The Balaban J connectivity index is 3.02. The second-order valence-electron chi connectivity index (χ2n) is 2.79. The molecule has 0 aromatic rings. The molecular weight excluding hydrogens is 180 g/mol. The van der Waals surface area contributed by atoms with Gasteiger partial charge in [-0.15, -0.1) is 0 Å². The van der Waals surface area contributed by atoms with Crippen molar-refractivity contribution in [1.29, 1.82) is 0 Å². The Kier molecular flexibility index (Phi) is 2.39. The largest absolute Gasteiger partial charge is 0.305 e. The van der Waals surface area contributed by atoms with E-state index < -0.39 is 10.2 Å². The Hall–Kier alpha value is -0.620. The van der Waals surface area contributed by atoms with Gasteiger partial charge in [0.05, 0.1) is 0 Å². The zero-order valence-electron chi connectivity index (χ0n) is 7.15. The Labute approximate surface area is 72.1 Å². The molecule has 1 fully saturated rings.